The van der Waals surface area contributed by atoms with Crippen molar-refractivity contribution < 1.29 is 42.9 Å². The predicted molar refractivity (Wildman–Crippen MR) is 186 cm³/mol. The summed E-state index contributed by atoms with van der Waals surface area (Å²) in [6, 6.07) is 0. The summed E-state index contributed by atoms with van der Waals surface area (Å²) in [5.41, 5.74) is -1.41. The first kappa shape index (κ1) is 44.8. The van der Waals surface area contributed by atoms with Gasteiger partial charge in [-0.1, -0.05) is 69.2 Å². The van der Waals surface area contributed by atoms with E-state index in [0.717, 1.165) is 12.8 Å². The molecule has 0 aromatic heterocycles. The smallest absolute Gasteiger partial charge is 0.311 e. The van der Waals surface area contributed by atoms with Gasteiger partial charge in [0.05, 0.1) is 24.0 Å². The van der Waals surface area contributed by atoms with Gasteiger partial charge in [0.2, 0.25) is 0 Å². The van der Waals surface area contributed by atoms with E-state index >= 15 is 0 Å². The first-order valence-corrected chi connectivity index (χ1v) is 17.8. The molecule has 0 aliphatic heterocycles. The van der Waals surface area contributed by atoms with Gasteiger partial charge in [0, 0.05) is 12.8 Å². The van der Waals surface area contributed by atoms with Crippen molar-refractivity contribution in [2.75, 3.05) is 26.4 Å². The highest BCUT2D eigenvalue weighted by molar-refractivity contribution is 5.76. The van der Waals surface area contributed by atoms with Gasteiger partial charge in [0.1, 0.15) is 13.2 Å². The molecule has 2 atom stereocenters. The van der Waals surface area contributed by atoms with E-state index < -0.39 is 35.0 Å². The topological polar surface area (TPSA) is 114 Å². The van der Waals surface area contributed by atoms with Crippen LogP contribution in [0.2, 0.25) is 0 Å². The first-order chi connectivity index (χ1) is 21.5. The van der Waals surface area contributed by atoms with Crippen molar-refractivity contribution >= 4 is 23.9 Å². The molecular weight excluding hydrogens is 600 g/mol. The fourth-order valence-electron chi connectivity index (χ4n) is 4.16. The summed E-state index contributed by atoms with van der Waals surface area (Å²) >= 11 is 0. The predicted octanol–water partition coefficient (Wildman–Crippen LogP) is 8.49. The van der Waals surface area contributed by atoms with Crippen LogP contribution in [0.25, 0.3) is 0 Å². The molecule has 0 amide bonds. The fraction of sp³-hybridized carbons (Fsp3) is 0.895. The Kier molecular flexibility index (Phi) is 19.4. The third kappa shape index (κ3) is 17.7. The molecule has 9 heteroatoms. The average molecular weight is 671 g/mol. The maximum atomic E-state index is 13.4. The number of carbonyl (C=O) groups is 4. The zero-order valence-electron chi connectivity index (χ0n) is 32.5. The Bertz CT molecular complexity index is 886. The number of hydrogen-bond acceptors (Lipinski definition) is 9. The molecule has 0 spiro atoms. The lowest BCUT2D eigenvalue weighted by Crippen LogP contribution is -2.39. The lowest BCUT2D eigenvalue weighted by molar-refractivity contribution is -0.177. The second-order valence-corrected chi connectivity index (χ2v) is 16.5. The standard InChI is InChI=1S/C38H70O9/c1-15-17-31(39)44-25-29(46-33(41)37(11,12)21-19-35(7,8)27(3)4)23-43-24-30(26-45-32(40)18-16-2)47-34(42)38(13,14)22-20-36(9,10)28(5)6/h27-30H,15-26H2,1-14H3. The lowest BCUT2D eigenvalue weighted by Gasteiger charge is -2.34. The third-order valence-electron chi connectivity index (χ3n) is 9.94. The van der Waals surface area contributed by atoms with Crippen molar-refractivity contribution in [3.63, 3.8) is 0 Å². The molecule has 0 bridgehead atoms. The van der Waals surface area contributed by atoms with Crippen LogP contribution in [0.4, 0.5) is 0 Å². The van der Waals surface area contributed by atoms with Crippen LogP contribution in [0.1, 0.15) is 148 Å². The molecule has 0 rings (SSSR count). The van der Waals surface area contributed by atoms with Gasteiger partial charge in [0.25, 0.3) is 0 Å². The Balaban J connectivity index is 5.69. The van der Waals surface area contributed by atoms with Gasteiger partial charge >= 0.3 is 23.9 Å². The minimum atomic E-state index is -0.866. The number of esters is 4. The number of hydrogen-bond donors (Lipinski definition) is 0. The van der Waals surface area contributed by atoms with Crippen molar-refractivity contribution in [3.05, 3.63) is 0 Å². The van der Waals surface area contributed by atoms with Crippen LogP contribution in [0.15, 0.2) is 0 Å². The zero-order chi connectivity index (χ0) is 36.6. The first-order valence-electron chi connectivity index (χ1n) is 17.8. The summed E-state index contributed by atoms with van der Waals surface area (Å²) in [6.45, 7) is 28.1. The Morgan fingerprint density at radius 1 is 0.511 bits per heavy atom. The highest BCUT2D eigenvalue weighted by atomic mass is 16.6. The maximum Gasteiger partial charge on any atom is 0.311 e. The minimum Gasteiger partial charge on any atom is -0.462 e. The molecule has 0 saturated heterocycles. The van der Waals surface area contributed by atoms with Crippen LogP contribution in [-0.4, -0.2) is 62.5 Å². The van der Waals surface area contributed by atoms with E-state index in [0.29, 0.717) is 37.5 Å². The summed E-state index contributed by atoms with van der Waals surface area (Å²) < 4.78 is 28.4. The quantitative estimate of drug-likeness (QED) is 0.0736. The van der Waals surface area contributed by atoms with E-state index in [9.17, 15) is 19.2 Å². The molecule has 0 aromatic rings. The van der Waals surface area contributed by atoms with Crippen molar-refractivity contribution in [1.82, 2.24) is 0 Å². The van der Waals surface area contributed by atoms with Crippen LogP contribution in [0.3, 0.4) is 0 Å². The maximum absolute atomic E-state index is 13.4. The third-order valence-corrected chi connectivity index (χ3v) is 9.94. The highest BCUT2D eigenvalue weighted by Crippen LogP contribution is 2.38. The van der Waals surface area contributed by atoms with Crippen LogP contribution in [-0.2, 0) is 42.9 Å². The van der Waals surface area contributed by atoms with Crippen LogP contribution >= 0.6 is 0 Å². The van der Waals surface area contributed by atoms with E-state index in [-0.39, 0.29) is 62.0 Å². The molecule has 9 nitrogen and oxygen atoms in total. The molecule has 0 aliphatic carbocycles. The molecule has 0 N–H and O–H groups in total. The number of ether oxygens (including phenoxy) is 5. The Hall–Kier alpha value is -2.16. The summed E-state index contributed by atoms with van der Waals surface area (Å²) in [7, 11) is 0. The highest BCUT2D eigenvalue weighted by Gasteiger charge is 2.36. The van der Waals surface area contributed by atoms with Gasteiger partial charge in [-0.25, -0.2) is 0 Å². The molecule has 47 heavy (non-hydrogen) atoms. The van der Waals surface area contributed by atoms with Gasteiger partial charge in [0.15, 0.2) is 12.2 Å². The van der Waals surface area contributed by atoms with E-state index in [1.165, 1.54) is 0 Å². The lowest BCUT2D eigenvalue weighted by atomic mass is 9.73. The second-order valence-electron chi connectivity index (χ2n) is 16.5. The van der Waals surface area contributed by atoms with Crippen molar-refractivity contribution in [2.24, 2.45) is 33.5 Å². The normalized spacial score (nSPS) is 14.1. The molecule has 0 saturated carbocycles. The SMILES string of the molecule is CCCC(=O)OCC(COCC(COC(=O)CCC)OC(=O)C(C)(C)CCC(C)(C)C(C)C)OC(=O)C(C)(C)CCC(C)(C)C(C)C. The summed E-state index contributed by atoms with van der Waals surface area (Å²) in [4.78, 5) is 51.0. The van der Waals surface area contributed by atoms with E-state index in [4.69, 9.17) is 23.7 Å². The second kappa shape index (κ2) is 20.4. The van der Waals surface area contributed by atoms with E-state index in [1.807, 2.05) is 41.5 Å². The van der Waals surface area contributed by atoms with Gasteiger partial charge in [-0.05, 0) is 88.9 Å². The summed E-state index contributed by atoms with van der Waals surface area (Å²) in [5, 5.41) is 0. The monoisotopic (exact) mass is 671 g/mol. The van der Waals surface area contributed by atoms with Crippen LogP contribution < -0.4 is 0 Å². The van der Waals surface area contributed by atoms with Gasteiger partial charge in [-0.2, -0.15) is 0 Å². The van der Waals surface area contributed by atoms with Gasteiger partial charge in [-0.15, -0.1) is 0 Å². The fourth-order valence-corrected chi connectivity index (χ4v) is 4.16. The zero-order valence-corrected chi connectivity index (χ0v) is 32.5. The largest absolute Gasteiger partial charge is 0.462 e. The summed E-state index contributed by atoms with van der Waals surface area (Å²) in [6.07, 6.45) is 2.98. The van der Waals surface area contributed by atoms with E-state index in [1.54, 1.807) is 0 Å². The molecular formula is C38H70O9. The Morgan fingerprint density at radius 2 is 0.830 bits per heavy atom. The van der Waals surface area contributed by atoms with Crippen molar-refractivity contribution in [3.8, 4) is 0 Å². The number of carbonyl (C=O) groups excluding carboxylic acids is 4. The molecule has 2 unspecified atom stereocenters. The Morgan fingerprint density at radius 3 is 1.11 bits per heavy atom. The summed E-state index contributed by atoms with van der Waals surface area (Å²) in [5.74, 6) is -0.670. The molecule has 0 heterocycles. The van der Waals surface area contributed by atoms with Crippen LogP contribution in [0.5, 0.6) is 0 Å². The van der Waals surface area contributed by atoms with E-state index in [2.05, 4.69) is 55.4 Å². The van der Waals surface area contributed by atoms with Crippen molar-refractivity contribution in [1.29, 1.82) is 0 Å². The van der Waals surface area contributed by atoms with Crippen molar-refractivity contribution in [2.45, 2.75) is 161 Å². The Labute approximate surface area is 286 Å². The number of rotatable bonds is 24. The minimum absolute atomic E-state index is 0.0575. The van der Waals surface area contributed by atoms with Gasteiger partial charge < -0.3 is 23.7 Å². The van der Waals surface area contributed by atoms with Crippen LogP contribution in [0, 0.1) is 33.5 Å². The molecule has 0 aromatic carbocycles. The average Bonchev–Trinajstić information content (AvgIpc) is 2.96. The molecule has 0 fully saturated rings. The van der Waals surface area contributed by atoms with Gasteiger partial charge in [-0.3, -0.25) is 19.2 Å². The molecule has 0 aliphatic rings. The molecule has 276 valence electrons. The molecule has 0 radical (unpaired) electrons.